The molecule has 7 heteroatoms. The highest BCUT2D eigenvalue weighted by Crippen LogP contribution is 2.24. The molecule has 1 aliphatic rings. The van der Waals surface area contributed by atoms with E-state index in [1.165, 1.54) is 12.0 Å². The van der Waals surface area contributed by atoms with Crippen LogP contribution in [0.2, 0.25) is 0 Å². The molecule has 0 amide bonds. The molecule has 0 aromatic carbocycles. The predicted octanol–water partition coefficient (Wildman–Crippen LogP) is 1.27. The number of aromatic nitrogens is 1. The quantitative estimate of drug-likeness (QED) is 0.517. The van der Waals surface area contributed by atoms with Gasteiger partial charge in [0, 0.05) is 31.2 Å². The van der Waals surface area contributed by atoms with E-state index in [4.69, 9.17) is 4.74 Å². The molecule has 1 aliphatic heterocycles. The van der Waals surface area contributed by atoms with Crippen LogP contribution >= 0.6 is 11.3 Å². The summed E-state index contributed by atoms with van der Waals surface area (Å²) in [7, 11) is 3.20. The zero-order valence-electron chi connectivity index (χ0n) is 12.9. The number of carbonyl (C=O) groups excluding carboxylic acids is 1. The van der Waals surface area contributed by atoms with E-state index in [-0.39, 0.29) is 17.8 Å². The molecule has 1 saturated heterocycles. The van der Waals surface area contributed by atoms with Crippen LogP contribution in [0.3, 0.4) is 0 Å². The van der Waals surface area contributed by atoms with Gasteiger partial charge in [-0.25, -0.2) is 4.98 Å². The van der Waals surface area contributed by atoms with Crippen molar-refractivity contribution in [1.82, 2.24) is 15.2 Å². The zero-order chi connectivity index (χ0) is 15.4. The molecule has 0 spiro atoms. The molecule has 6 nitrogen and oxygen atoms in total. The number of hydrogen-bond acceptors (Lipinski definition) is 5. The Morgan fingerprint density at radius 1 is 1.62 bits per heavy atom. The van der Waals surface area contributed by atoms with Gasteiger partial charge < -0.3 is 15.0 Å². The van der Waals surface area contributed by atoms with Crippen LogP contribution in [0.4, 0.5) is 0 Å². The van der Waals surface area contributed by atoms with Crippen molar-refractivity contribution in [2.24, 2.45) is 16.8 Å². The third kappa shape index (κ3) is 3.72. The predicted molar refractivity (Wildman–Crippen MR) is 83.3 cm³/mol. The molecule has 1 aromatic rings. The molecule has 116 valence electrons. The SMILES string of the molecule is CN=C(NCc1cnc(C)s1)N1CC(C)C(C(=O)OC)C1. The summed E-state index contributed by atoms with van der Waals surface area (Å²) < 4.78 is 4.87. The van der Waals surface area contributed by atoms with Gasteiger partial charge in [-0.05, 0) is 12.8 Å². The van der Waals surface area contributed by atoms with Gasteiger partial charge in [-0.2, -0.15) is 0 Å². The van der Waals surface area contributed by atoms with Crippen LogP contribution in [0.5, 0.6) is 0 Å². The summed E-state index contributed by atoms with van der Waals surface area (Å²) in [6.07, 6.45) is 1.88. The van der Waals surface area contributed by atoms with Crippen LogP contribution in [-0.4, -0.2) is 49.1 Å². The minimum Gasteiger partial charge on any atom is -0.469 e. The Morgan fingerprint density at radius 2 is 2.38 bits per heavy atom. The van der Waals surface area contributed by atoms with E-state index in [1.807, 2.05) is 13.1 Å². The first kappa shape index (κ1) is 15.8. The Morgan fingerprint density at radius 3 is 2.95 bits per heavy atom. The van der Waals surface area contributed by atoms with Gasteiger partial charge in [-0.15, -0.1) is 11.3 Å². The highest BCUT2D eigenvalue weighted by molar-refractivity contribution is 7.11. The Labute approximate surface area is 129 Å². The van der Waals surface area contributed by atoms with Gasteiger partial charge >= 0.3 is 5.97 Å². The minimum absolute atomic E-state index is 0.0841. The highest BCUT2D eigenvalue weighted by atomic mass is 32.1. The van der Waals surface area contributed by atoms with Crippen LogP contribution in [-0.2, 0) is 16.1 Å². The summed E-state index contributed by atoms with van der Waals surface area (Å²) >= 11 is 1.67. The molecule has 1 aromatic heterocycles. The third-order valence-corrected chi connectivity index (χ3v) is 4.63. The molecule has 2 atom stereocenters. The van der Waals surface area contributed by atoms with Gasteiger partial charge in [0.05, 0.1) is 24.6 Å². The summed E-state index contributed by atoms with van der Waals surface area (Å²) in [5, 5.41) is 4.39. The lowest BCUT2D eigenvalue weighted by Gasteiger charge is -2.21. The normalized spacial score (nSPS) is 22.5. The second kappa shape index (κ2) is 6.89. The first-order valence-corrected chi connectivity index (χ1v) is 7.81. The van der Waals surface area contributed by atoms with Crippen molar-refractivity contribution in [3.8, 4) is 0 Å². The maximum absolute atomic E-state index is 11.7. The van der Waals surface area contributed by atoms with Crippen molar-refractivity contribution in [3.05, 3.63) is 16.1 Å². The minimum atomic E-state index is -0.140. The lowest BCUT2D eigenvalue weighted by Crippen LogP contribution is -2.40. The molecule has 1 fully saturated rings. The lowest BCUT2D eigenvalue weighted by atomic mass is 9.99. The number of aliphatic imine (C=N–C) groups is 1. The van der Waals surface area contributed by atoms with Crippen molar-refractivity contribution in [2.45, 2.75) is 20.4 Å². The van der Waals surface area contributed by atoms with Gasteiger partial charge in [0.25, 0.3) is 0 Å². The Hall–Kier alpha value is -1.63. The molecular weight excluding hydrogens is 288 g/mol. The van der Waals surface area contributed by atoms with Crippen LogP contribution < -0.4 is 5.32 Å². The van der Waals surface area contributed by atoms with Crippen molar-refractivity contribution in [2.75, 3.05) is 27.2 Å². The Kier molecular flexibility index (Phi) is 5.17. The van der Waals surface area contributed by atoms with Crippen molar-refractivity contribution < 1.29 is 9.53 Å². The molecule has 0 saturated carbocycles. The van der Waals surface area contributed by atoms with Crippen LogP contribution in [0.15, 0.2) is 11.2 Å². The molecule has 2 rings (SSSR count). The van der Waals surface area contributed by atoms with E-state index in [9.17, 15) is 4.79 Å². The fourth-order valence-electron chi connectivity index (χ4n) is 2.58. The molecule has 0 radical (unpaired) electrons. The maximum Gasteiger partial charge on any atom is 0.310 e. The Bertz CT molecular complexity index is 529. The fourth-order valence-corrected chi connectivity index (χ4v) is 3.32. The number of guanidine groups is 1. The molecule has 2 heterocycles. The number of carbonyl (C=O) groups is 1. The van der Waals surface area contributed by atoms with Gasteiger partial charge in [-0.3, -0.25) is 9.79 Å². The largest absolute Gasteiger partial charge is 0.469 e. The van der Waals surface area contributed by atoms with E-state index in [2.05, 4.69) is 27.1 Å². The second-order valence-electron chi connectivity index (χ2n) is 5.26. The Balaban J connectivity index is 1.94. The van der Waals surface area contributed by atoms with E-state index in [0.717, 1.165) is 17.5 Å². The third-order valence-electron chi connectivity index (χ3n) is 3.72. The summed E-state index contributed by atoms with van der Waals surface area (Å²) in [4.78, 5) is 23.6. The van der Waals surface area contributed by atoms with Gasteiger partial charge in [0.2, 0.25) is 0 Å². The van der Waals surface area contributed by atoms with Crippen molar-refractivity contribution in [1.29, 1.82) is 0 Å². The summed E-state index contributed by atoms with van der Waals surface area (Å²) in [6, 6.07) is 0. The summed E-state index contributed by atoms with van der Waals surface area (Å²) in [5.41, 5.74) is 0. The fraction of sp³-hybridized carbons (Fsp3) is 0.643. The zero-order valence-corrected chi connectivity index (χ0v) is 13.7. The molecule has 0 aliphatic carbocycles. The molecule has 1 N–H and O–H groups in total. The van der Waals surface area contributed by atoms with Crippen LogP contribution in [0, 0.1) is 18.8 Å². The molecule has 2 unspecified atom stereocenters. The van der Waals surface area contributed by atoms with E-state index >= 15 is 0 Å². The lowest BCUT2D eigenvalue weighted by molar-refractivity contribution is -0.145. The maximum atomic E-state index is 11.7. The first-order valence-electron chi connectivity index (χ1n) is 7.00. The highest BCUT2D eigenvalue weighted by Gasteiger charge is 2.36. The number of ether oxygens (including phenoxy) is 1. The van der Waals surface area contributed by atoms with Gasteiger partial charge in [-0.1, -0.05) is 6.92 Å². The smallest absolute Gasteiger partial charge is 0.310 e. The topological polar surface area (TPSA) is 66.8 Å². The van der Waals surface area contributed by atoms with Gasteiger partial charge in [0.1, 0.15) is 0 Å². The summed E-state index contributed by atoms with van der Waals surface area (Å²) in [5.74, 6) is 0.860. The van der Waals surface area contributed by atoms with E-state index < -0.39 is 0 Å². The number of nitrogens with zero attached hydrogens (tertiary/aromatic N) is 3. The summed E-state index contributed by atoms with van der Waals surface area (Å²) in [6.45, 7) is 6.22. The van der Waals surface area contributed by atoms with Crippen molar-refractivity contribution >= 4 is 23.3 Å². The van der Waals surface area contributed by atoms with Gasteiger partial charge in [0.15, 0.2) is 5.96 Å². The number of esters is 1. The van der Waals surface area contributed by atoms with Crippen LogP contribution in [0.25, 0.3) is 0 Å². The molecule has 0 bridgehead atoms. The standard InChI is InChI=1S/C14H22N4O2S/c1-9-7-18(8-12(9)13(19)20-4)14(15-3)17-6-11-5-16-10(2)21-11/h5,9,12H,6-8H2,1-4H3,(H,15,17). The average Bonchev–Trinajstić information content (AvgIpc) is 3.05. The van der Waals surface area contributed by atoms with E-state index in [0.29, 0.717) is 13.1 Å². The number of rotatable bonds is 3. The number of likely N-dealkylation sites (tertiary alicyclic amines) is 1. The monoisotopic (exact) mass is 310 g/mol. The van der Waals surface area contributed by atoms with Crippen LogP contribution in [0.1, 0.15) is 16.8 Å². The van der Waals surface area contributed by atoms with E-state index in [1.54, 1.807) is 18.4 Å². The average molecular weight is 310 g/mol. The first-order chi connectivity index (χ1) is 10.0. The number of nitrogens with one attached hydrogen (secondary N) is 1. The number of thiazole rings is 1. The van der Waals surface area contributed by atoms with Crippen molar-refractivity contribution in [3.63, 3.8) is 0 Å². The number of methoxy groups -OCH3 is 1. The molecular formula is C14H22N4O2S. The second-order valence-corrected chi connectivity index (χ2v) is 6.58. The number of aryl methyl sites for hydroxylation is 1. The molecule has 21 heavy (non-hydrogen) atoms. The number of hydrogen-bond donors (Lipinski definition) is 1.